The third kappa shape index (κ3) is 6.89. The highest BCUT2D eigenvalue weighted by molar-refractivity contribution is 6.08. The molecule has 0 aliphatic heterocycles. The maximum Gasteiger partial charge on any atom is 0.0468 e. The molecule has 10 aromatic rings. The van der Waals surface area contributed by atoms with Crippen molar-refractivity contribution >= 4 is 55.6 Å². The second-order valence-electron chi connectivity index (χ2n) is 25.0. The van der Waals surface area contributed by atoms with Gasteiger partial charge in [-0.05, 0) is 209 Å². The monoisotopic (exact) mass is 1020 g/mol. The van der Waals surface area contributed by atoms with E-state index in [-0.39, 0.29) is 21.7 Å². The Balaban J connectivity index is 0.928. The lowest BCUT2D eigenvalue weighted by atomic mass is 9.81. The van der Waals surface area contributed by atoms with Crippen molar-refractivity contribution in [2.75, 3.05) is 9.80 Å². The number of benzene rings is 10. The summed E-state index contributed by atoms with van der Waals surface area (Å²) in [5, 5.41) is 5.05. The van der Waals surface area contributed by atoms with E-state index in [1.54, 1.807) is 0 Å². The molecule has 0 aromatic heterocycles. The fourth-order valence-electron chi connectivity index (χ4n) is 14.9. The maximum absolute atomic E-state index is 4.73. The van der Waals surface area contributed by atoms with Crippen molar-refractivity contribution in [1.82, 2.24) is 0 Å². The zero-order valence-electron chi connectivity index (χ0n) is 47.7. The first-order valence-corrected chi connectivity index (χ1v) is 28.4. The highest BCUT2D eigenvalue weighted by Gasteiger charge is 2.41. The van der Waals surface area contributed by atoms with E-state index in [9.17, 15) is 0 Å². The standard InChI is InChI=1S/C77H68N2/c1-13-49(42-70-48(4)57-22-14-18-26-66(57)74(70,5)6)78(52-32-37-61-58-23-15-19-27-67(58)75(7,8)71(61)43-52)50-30-35-55-47(3)65-41-51(31-36-56(65)46(2)64(55)40-50)79(53-33-38-62-59-24-16-20-28-68(59)76(9,10)72(62)44-53)54-34-39-63-60-25-17-21-29-69(60)77(11,12)73(63)45-54/h13-45H,4H2,1-3,5-12H3/b49-13+,70-42+. The first-order valence-electron chi connectivity index (χ1n) is 28.4. The lowest BCUT2D eigenvalue weighted by Crippen LogP contribution is -2.20. The Hall–Kier alpha value is -8.46. The molecular formula is C77H68N2. The number of nitrogens with zero attached hydrogens (tertiary/aromatic N) is 2. The van der Waals surface area contributed by atoms with Gasteiger partial charge in [0.25, 0.3) is 0 Å². The van der Waals surface area contributed by atoms with E-state index in [2.05, 4.69) is 286 Å². The van der Waals surface area contributed by atoms with Crippen molar-refractivity contribution in [2.45, 2.75) is 97.8 Å². The molecule has 79 heavy (non-hydrogen) atoms. The molecule has 2 heteroatoms. The molecule has 0 N–H and O–H groups in total. The van der Waals surface area contributed by atoms with Crippen molar-refractivity contribution in [3.63, 3.8) is 0 Å². The van der Waals surface area contributed by atoms with E-state index in [0.29, 0.717) is 0 Å². The Morgan fingerprint density at radius 2 is 0.684 bits per heavy atom. The molecule has 0 radical (unpaired) electrons. The Morgan fingerprint density at radius 3 is 1.13 bits per heavy atom. The molecule has 0 bridgehead atoms. The first kappa shape index (κ1) is 48.9. The minimum atomic E-state index is -0.217. The third-order valence-electron chi connectivity index (χ3n) is 19.4. The first-order chi connectivity index (χ1) is 37.9. The molecular weight excluding hydrogens is 953 g/mol. The predicted molar refractivity (Wildman–Crippen MR) is 337 cm³/mol. The van der Waals surface area contributed by atoms with Crippen molar-refractivity contribution in [2.24, 2.45) is 0 Å². The summed E-state index contributed by atoms with van der Waals surface area (Å²) in [5.41, 5.74) is 29.8. The van der Waals surface area contributed by atoms with Gasteiger partial charge in [-0.15, -0.1) is 0 Å². The summed E-state index contributed by atoms with van der Waals surface area (Å²) in [6, 6.07) is 71.5. The number of rotatable bonds is 7. The van der Waals surface area contributed by atoms with Gasteiger partial charge in [0.2, 0.25) is 0 Å². The van der Waals surface area contributed by atoms with Crippen molar-refractivity contribution < 1.29 is 0 Å². The van der Waals surface area contributed by atoms with Gasteiger partial charge in [0, 0.05) is 55.8 Å². The van der Waals surface area contributed by atoms with Gasteiger partial charge in [-0.3, -0.25) is 0 Å². The summed E-state index contributed by atoms with van der Waals surface area (Å²) >= 11 is 0. The molecule has 386 valence electrons. The van der Waals surface area contributed by atoms with Crippen LogP contribution in [0.25, 0.3) is 60.5 Å². The van der Waals surface area contributed by atoms with E-state index in [1.165, 1.54) is 116 Å². The topological polar surface area (TPSA) is 6.48 Å². The number of fused-ring (bicyclic) bond motifs is 12. The molecule has 4 aliphatic rings. The van der Waals surface area contributed by atoms with E-state index in [4.69, 9.17) is 6.58 Å². The fourth-order valence-corrected chi connectivity index (χ4v) is 14.9. The van der Waals surface area contributed by atoms with Crippen LogP contribution >= 0.6 is 0 Å². The summed E-state index contributed by atoms with van der Waals surface area (Å²) in [5.74, 6) is 0. The van der Waals surface area contributed by atoms with Gasteiger partial charge < -0.3 is 9.80 Å². The minimum absolute atomic E-state index is 0.138. The van der Waals surface area contributed by atoms with Crippen LogP contribution in [-0.2, 0) is 21.7 Å². The number of aryl methyl sites for hydroxylation is 2. The van der Waals surface area contributed by atoms with Gasteiger partial charge in [0.15, 0.2) is 0 Å². The molecule has 0 heterocycles. The van der Waals surface area contributed by atoms with E-state index >= 15 is 0 Å². The smallest absolute Gasteiger partial charge is 0.0468 e. The molecule has 2 nitrogen and oxygen atoms in total. The van der Waals surface area contributed by atoms with E-state index in [1.807, 2.05) is 0 Å². The average molecular weight is 1020 g/mol. The zero-order valence-corrected chi connectivity index (χ0v) is 47.7. The quantitative estimate of drug-likeness (QED) is 0.147. The molecule has 10 aromatic carbocycles. The summed E-state index contributed by atoms with van der Waals surface area (Å²) < 4.78 is 0. The van der Waals surface area contributed by atoms with Crippen LogP contribution < -0.4 is 9.80 Å². The molecule has 0 atom stereocenters. The Labute approximate surface area is 467 Å². The fraction of sp³-hybridized carbons (Fsp3) is 0.195. The molecule has 0 unspecified atom stereocenters. The van der Waals surface area contributed by atoms with E-state index in [0.717, 1.165) is 39.7 Å². The van der Waals surface area contributed by atoms with Crippen molar-refractivity contribution in [1.29, 1.82) is 0 Å². The average Bonchev–Trinajstić information content (AvgIpc) is 4.20. The van der Waals surface area contributed by atoms with Gasteiger partial charge in [-0.25, -0.2) is 0 Å². The second kappa shape index (κ2) is 17.0. The van der Waals surface area contributed by atoms with Crippen LogP contribution in [0.15, 0.2) is 218 Å². The predicted octanol–water partition coefficient (Wildman–Crippen LogP) is 21.0. The maximum atomic E-state index is 4.73. The van der Waals surface area contributed by atoms with Crippen LogP contribution in [0.1, 0.15) is 118 Å². The van der Waals surface area contributed by atoms with Crippen LogP contribution in [0, 0.1) is 13.8 Å². The van der Waals surface area contributed by atoms with Gasteiger partial charge in [0.05, 0.1) is 0 Å². The summed E-state index contributed by atoms with van der Waals surface area (Å²) in [7, 11) is 0. The zero-order chi connectivity index (χ0) is 54.7. The number of allylic oxidation sites excluding steroid dienone is 4. The molecule has 14 rings (SSSR count). The minimum Gasteiger partial charge on any atom is -0.311 e. The van der Waals surface area contributed by atoms with Gasteiger partial charge in [-0.1, -0.05) is 195 Å². The number of hydrogen-bond donors (Lipinski definition) is 0. The normalized spacial score (nSPS) is 16.8. The lowest BCUT2D eigenvalue weighted by molar-refractivity contribution is 0.659. The van der Waals surface area contributed by atoms with Gasteiger partial charge >= 0.3 is 0 Å². The number of hydrogen-bond acceptors (Lipinski definition) is 2. The second-order valence-corrected chi connectivity index (χ2v) is 25.0. The third-order valence-corrected chi connectivity index (χ3v) is 19.4. The molecule has 0 amide bonds. The highest BCUT2D eigenvalue weighted by atomic mass is 15.2. The summed E-state index contributed by atoms with van der Waals surface area (Å²) in [4.78, 5) is 5.01. The van der Waals surface area contributed by atoms with Crippen LogP contribution in [-0.4, -0.2) is 0 Å². The summed E-state index contributed by atoms with van der Waals surface area (Å²) in [6.45, 7) is 30.5. The van der Waals surface area contributed by atoms with Crippen molar-refractivity contribution in [3.8, 4) is 33.4 Å². The Kier molecular flexibility index (Phi) is 10.5. The molecule has 0 spiro atoms. The van der Waals surface area contributed by atoms with Crippen LogP contribution in [0.2, 0.25) is 0 Å². The van der Waals surface area contributed by atoms with Crippen molar-refractivity contribution in [3.05, 3.63) is 274 Å². The SMILES string of the molecule is C=C1/C(=C\C(=C/C)N(c2ccc3c(c2)C(C)(C)c2ccccc2-3)c2ccc3c(C)c4cc(N(c5ccc6c(c5)C(C)(C)c5ccccc5-6)c5ccc6c(c5)C(C)(C)c5ccccc5-6)ccc4c(C)c3c2)C(C)(C)c2ccccc21. The number of anilines is 5. The highest BCUT2D eigenvalue weighted by Crippen LogP contribution is 2.56. The molecule has 0 saturated carbocycles. The van der Waals surface area contributed by atoms with E-state index < -0.39 is 0 Å². The van der Waals surface area contributed by atoms with Crippen LogP contribution in [0.3, 0.4) is 0 Å². The van der Waals surface area contributed by atoms with Gasteiger partial charge in [0.1, 0.15) is 0 Å². The Morgan fingerprint density at radius 1 is 0.354 bits per heavy atom. The lowest BCUT2D eigenvalue weighted by Gasteiger charge is -2.31. The van der Waals surface area contributed by atoms with Crippen LogP contribution in [0.4, 0.5) is 28.4 Å². The molecule has 4 aliphatic carbocycles. The molecule has 0 saturated heterocycles. The van der Waals surface area contributed by atoms with Gasteiger partial charge in [-0.2, -0.15) is 0 Å². The molecule has 0 fully saturated rings. The van der Waals surface area contributed by atoms with Crippen LogP contribution in [0.5, 0.6) is 0 Å². The largest absolute Gasteiger partial charge is 0.311 e. The Bertz CT molecular complexity index is 4270. The summed E-state index contributed by atoms with van der Waals surface area (Å²) in [6.07, 6.45) is 4.69.